The number of nitrogens with one attached hydrogen (secondary N) is 1. The summed E-state index contributed by atoms with van der Waals surface area (Å²) in [6.45, 7) is 4.42. The summed E-state index contributed by atoms with van der Waals surface area (Å²) in [6.07, 6.45) is 8.03. The number of hydrogen-bond acceptors (Lipinski definition) is 3. The van der Waals surface area contributed by atoms with Crippen LogP contribution in [0.1, 0.15) is 38.5 Å². The van der Waals surface area contributed by atoms with Gasteiger partial charge in [0, 0.05) is 25.3 Å². The van der Waals surface area contributed by atoms with Crippen LogP contribution in [0.3, 0.4) is 0 Å². The van der Waals surface area contributed by atoms with Crippen LogP contribution in [0.25, 0.3) is 0 Å². The van der Waals surface area contributed by atoms with Gasteiger partial charge in [-0.15, -0.1) is 0 Å². The van der Waals surface area contributed by atoms with Crippen molar-refractivity contribution in [2.24, 2.45) is 0 Å². The maximum atomic E-state index is 5.47. The lowest BCUT2D eigenvalue weighted by molar-refractivity contribution is 0.00310. The lowest BCUT2D eigenvalue weighted by atomic mass is 9.94. The van der Waals surface area contributed by atoms with Crippen molar-refractivity contribution in [3.63, 3.8) is 0 Å². The molecular formula is C13H26N2O. The van der Waals surface area contributed by atoms with Crippen molar-refractivity contribution < 1.29 is 4.74 Å². The molecule has 3 nitrogen and oxygen atoms in total. The second kappa shape index (κ2) is 6.58. The van der Waals surface area contributed by atoms with Gasteiger partial charge in [0.2, 0.25) is 0 Å². The van der Waals surface area contributed by atoms with Crippen molar-refractivity contribution in [2.75, 3.05) is 33.4 Å². The largest absolute Gasteiger partial charge is 0.381 e. The summed E-state index contributed by atoms with van der Waals surface area (Å²) in [4.78, 5) is 2.78. The number of piperidine rings is 1. The molecule has 2 rings (SSSR count). The molecule has 16 heavy (non-hydrogen) atoms. The summed E-state index contributed by atoms with van der Waals surface area (Å²) in [5, 5.41) is 3.29. The summed E-state index contributed by atoms with van der Waals surface area (Å²) in [6, 6.07) is 1.63. The van der Waals surface area contributed by atoms with Gasteiger partial charge in [0.25, 0.3) is 0 Å². The van der Waals surface area contributed by atoms with Gasteiger partial charge in [-0.05, 0) is 52.2 Å². The van der Waals surface area contributed by atoms with Crippen LogP contribution in [0.2, 0.25) is 0 Å². The summed E-state index contributed by atoms with van der Waals surface area (Å²) in [7, 11) is 2.06. The maximum Gasteiger partial charge on any atom is 0.0480 e. The summed E-state index contributed by atoms with van der Waals surface area (Å²) in [5.41, 5.74) is 0. The third-order valence-corrected chi connectivity index (χ3v) is 4.06. The maximum absolute atomic E-state index is 5.47. The Morgan fingerprint density at radius 1 is 1.19 bits per heavy atom. The van der Waals surface area contributed by atoms with Gasteiger partial charge >= 0.3 is 0 Å². The summed E-state index contributed by atoms with van der Waals surface area (Å²) in [5.74, 6) is 0. The predicted molar refractivity (Wildman–Crippen MR) is 66.7 cm³/mol. The van der Waals surface area contributed by atoms with Crippen LogP contribution in [0.4, 0.5) is 0 Å². The number of hydrogen-bond donors (Lipinski definition) is 1. The first-order chi connectivity index (χ1) is 7.92. The second-order valence-electron chi connectivity index (χ2n) is 5.12. The molecule has 94 valence electrons. The zero-order chi connectivity index (χ0) is 11.2. The van der Waals surface area contributed by atoms with E-state index in [0.29, 0.717) is 0 Å². The lowest BCUT2D eigenvalue weighted by Crippen LogP contribution is -2.49. The van der Waals surface area contributed by atoms with Crippen LogP contribution in [0, 0.1) is 0 Å². The molecule has 0 saturated carbocycles. The molecule has 1 N–H and O–H groups in total. The Balaban J connectivity index is 1.86. The van der Waals surface area contributed by atoms with Crippen LogP contribution >= 0.6 is 0 Å². The van der Waals surface area contributed by atoms with E-state index in [9.17, 15) is 0 Å². The lowest BCUT2D eigenvalue weighted by Gasteiger charge is -2.42. The van der Waals surface area contributed by atoms with Crippen molar-refractivity contribution in [3.8, 4) is 0 Å². The van der Waals surface area contributed by atoms with Crippen molar-refractivity contribution in [3.05, 3.63) is 0 Å². The Kier molecular flexibility index (Phi) is 5.07. The minimum atomic E-state index is 0.802. The number of ether oxygens (including phenoxy) is 1. The first kappa shape index (κ1) is 12.3. The third kappa shape index (κ3) is 3.19. The molecule has 3 heteroatoms. The molecule has 1 unspecified atom stereocenters. The smallest absolute Gasteiger partial charge is 0.0480 e. The van der Waals surface area contributed by atoms with Crippen molar-refractivity contribution in [1.29, 1.82) is 0 Å². The van der Waals surface area contributed by atoms with E-state index in [4.69, 9.17) is 4.74 Å². The van der Waals surface area contributed by atoms with Crippen molar-refractivity contribution in [2.45, 2.75) is 50.6 Å². The van der Waals surface area contributed by atoms with E-state index in [1.165, 1.54) is 45.1 Å². The average molecular weight is 226 g/mol. The van der Waals surface area contributed by atoms with Gasteiger partial charge < -0.3 is 10.1 Å². The van der Waals surface area contributed by atoms with E-state index in [1.54, 1.807) is 0 Å². The van der Waals surface area contributed by atoms with Gasteiger partial charge in [-0.25, -0.2) is 0 Å². The SMILES string of the molecule is CNCCC1CCCCN1C1CCOCC1. The Labute approximate surface area is 99.5 Å². The average Bonchev–Trinajstić information content (AvgIpc) is 2.38. The van der Waals surface area contributed by atoms with E-state index in [2.05, 4.69) is 17.3 Å². The minimum Gasteiger partial charge on any atom is -0.381 e. The number of likely N-dealkylation sites (tertiary alicyclic amines) is 1. The van der Waals surface area contributed by atoms with Crippen LogP contribution in [-0.4, -0.2) is 50.3 Å². The molecule has 0 bridgehead atoms. The second-order valence-corrected chi connectivity index (χ2v) is 5.12. The van der Waals surface area contributed by atoms with Crippen LogP contribution in [0.15, 0.2) is 0 Å². The van der Waals surface area contributed by atoms with E-state index >= 15 is 0 Å². The first-order valence-corrected chi connectivity index (χ1v) is 6.90. The standard InChI is InChI=1S/C13H26N2O/c1-14-8-5-12-4-2-3-9-15(12)13-6-10-16-11-7-13/h12-14H,2-11H2,1H3. The topological polar surface area (TPSA) is 24.5 Å². The number of rotatable bonds is 4. The van der Waals surface area contributed by atoms with Gasteiger partial charge in [-0.3, -0.25) is 4.90 Å². The monoisotopic (exact) mass is 226 g/mol. The molecule has 2 aliphatic heterocycles. The van der Waals surface area contributed by atoms with Gasteiger partial charge in [0.15, 0.2) is 0 Å². The summed E-state index contributed by atoms with van der Waals surface area (Å²) < 4.78 is 5.47. The van der Waals surface area contributed by atoms with E-state index in [0.717, 1.165) is 31.8 Å². The third-order valence-electron chi connectivity index (χ3n) is 4.06. The minimum absolute atomic E-state index is 0.802. The highest BCUT2D eigenvalue weighted by molar-refractivity contribution is 4.84. The molecule has 1 atom stereocenters. The Morgan fingerprint density at radius 3 is 2.75 bits per heavy atom. The summed E-state index contributed by atoms with van der Waals surface area (Å²) >= 11 is 0. The molecule has 0 amide bonds. The Morgan fingerprint density at radius 2 is 2.00 bits per heavy atom. The Bertz CT molecular complexity index is 192. The van der Waals surface area contributed by atoms with E-state index in [1.807, 2.05) is 0 Å². The van der Waals surface area contributed by atoms with Gasteiger partial charge in [0.1, 0.15) is 0 Å². The zero-order valence-corrected chi connectivity index (χ0v) is 10.6. The fourth-order valence-electron chi connectivity index (χ4n) is 3.14. The molecule has 0 aromatic heterocycles. The quantitative estimate of drug-likeness (QED) is 0.788. The van der Waals surface area contributed by atoms with Crippen LogP contribution in [-0.2, 0) is 4.74 Å². The van der Waals surface area contributed by atoms with E-state index < -0.39 is 0 Å². The Hall–Kier alpha value is -0.120. The predicted octanol–water partition coefficient (Wildman–Crippen LogP) is 1.63. The van der Waals surface area contributed by atoms with Crippen LogP contribution in [0.5, 0.6) is 0 Å². The van der Waals surface area contributed by atoms with Gasteiger partial charge in [0.05, 0.1) is 0 Å². The molecule has 0 aromatic carbocycles. The molecule has 2 aliphatic rings. The highest BCUT2D eigenvalue weighted by Gasteiger charge is 2.29. The fraction of sp³-hybridized carbons (Fsp3) is 1.00. The molecule has 0 aromatic rings. The van der Waals surface area contributed by atoms with E-state index in [-0.39, 0.29) is 0 Å². The van der Waals surface area contributed by atoms with Gasteiger partial charge in [-0.2, -0.15) is 0 Å². The molecule has 2 heterocycles. The fourth-order valence-corrected chi connectivity index (χ4v) is 3.14. The molecule has 0 radical (unpaired) electrons. The molecular weight excluding hydrogens is 200 g/mol. The first-order valence-electron chi connectivity index (χ1n) is 6.90. The van der Waals surface area contributed by atoms with Crippen LogP contribution < -0.4 is 5.32 Å². The van der Waals surface area contributed by atoms with Crippen molar-refractivity contribution in [1.82, 2.24) is 10.2 Å². The zero-order valence-electron chi connectivity index (χ0n) is 10.6. The highest BCUT2D eigenvalue weighted by Crippen LogP contribution is 2.26. The molecule has 2 saturated heterocycles. The molecule has 0 aliphatic carbocycles. The number of nitrogens with zero attached hydrogens (tertiary/aromatic N) is 1. The molecule has 0 spiro atoms. The highest BCUT2D eigenvalue weighted by atomic mass is 16.5. The normalized spacial score (nSPS) is 29.4. The molecule has 2 fully saturated rings. The van der Waals surface area contributed by atoms with Crippen molar-refractivity contribution >= 4 is 0 Å². The van der Waals surface area contributed by atoms with Gasteiger partial charge in [-0.1, -0.05) is 6.42 Å².